The third-order valence-corrected chi connectivity index (χ3v) is 5.07. The largest absolute Gasteiger partial charge is 0.469 e. The van der Waals surface area contributed by atoms with Gasteiger partial charge in [-0.3, -0.25) is 4.79 Å². The van der Waals surface area contributed by atoms with Gasteiger partial charge in [0.1, 0.15) is 0 Å². The number of benzene rings is 2. The zero-order chi connectivity index (χ0) is 17.6. The van der Waals surface area contributed by atoms with Crippen LogP contribution in [0.15, 0.2) is 60.7 Å². The molecule has 2 unspecified atom stereocenters. The molecular weight excluding hydrogens is 343 g/mol. The van der Waals surface area contributed by atoms with E-state index in [-0.39, 0.29) is 16.7 Å². The Hall–Kier alpha value is -1.51. The molecule has 0 aromatic heterocycles. The van der Waals surface area contributed by atoms with E-state index in [9.17, 15) is 4.79 Å². The summed E-state index contributed by atoms with van der Waals surface area (Å²) in [5.41, 5.74) is 1.21. The van der Waals surface area contributed by atoms with Gasteiger partial charge in [0.25, 0.3) is 0 Å². The summed E-state index contributed by atoms with van der Waals surface area (Å²) in [5, 5.41) is -0.565. The number of carbonyl (C=O) groups excluding carboxylic acids is 1. The molecule has 0 bridgehead atoms. The fourth-order valence-corrected chi connectivity index (χ4v) is 3.82. The van der Waals surface area contributed by atoms with Crippen molar-refractivity contribution in [3.05, 3.63) is 71.8 Å². The summed E-state index contributed by atoms with van der Waals surface area (Å²) in [5.74, 6) is -0.286. The monoisotopic (exact) mass is 364 g/mol. The third kappa shape index (κ3) is 4.75. The number of halogens is 2. The zero-order valence-electron chi connectivity index (χ0n) is 13.9. The van der Waals surface area contributed by atoms with Crippen LogP contribution < -0.4 is 0 Å². The summed E-state index contributed by atoms with van der Waals surface area (Å²) < 4.78 is 5.03. The molecule has 0 amide bonds. The fraction of sp³-hybridized carbons (Fsp3) is 0.350. The van der Waals surface area contributed by atoms with Crippen molar-refractivity contribution in [1.82, 2.24) is 0 Å². The molecule has 2 aromatic rings. The number of ether oxygens (including phenoxy) is 1. The summed E-state index contributed by atoms with van der Waals surface area (Å²) in [7, 11) is 1.40. The molecule has 2 nitrogen and oxygen atoms in total. The average molecular weight is 365 g/mol. The highest BCUT2D eigenvalue weighted by Crippen LogP contribution is 2.43. The van der Waals surface area contributed by atoms with Crippen molar-refractivity contribution in [2.45, 2.75) is 30.5 Å². The van der Waals surface area contributed by atoms with Crippen molar-refractivity contribution in [3.8, 4) is 0 Å². The van der Waals surface area contributed by atoms with E-state index in [0.717, 1.165) is 11.1 Å². The van der Waals surface area contributed by atoms with Gasteiger partial charge in [0.05, 0.1) is 23.3 Å². The average Bonchev–Trinajstić information content (AvgIpc) is 2.62. The molecule has 128 valence electrons. The van der Waals surface area contributed by atoms with E-state index in [1.807, 2.05) is 67.6 Å². The van der Waals surface area contributed by atoms with Crippen molar-refractivity contribution < 1.29 is 9.53 Å². The van der Waals surface area contributed by atoms with Gasteiger partial charge in [-0.15, -0.1) is 23.2 Å². The van der Waals surface area contributed by atoms with Crippen LogP contribution in [0.4, 0.5) is 0 Å². The molecule has 0 aliphatic rings. The minimum atomic E-state index is -0.765. The van der Waals surface area contributed by atoms with Gasteiger partial charge in [-0.05, 0) is 30.9 Å². The quantitative estimate of drug-likeness (QED) is 0.451. The van der Waals surface area contributed by atoms with Crippen molar-refractivity contribution in [2.24, 2.45) is 5.41 Å². The number of hydrogen-bond acceptors (Lipinski definition) is 2. The molecule has 2 rings (SSSR count). The van der Waals surface area contributed by atoms with Crippen LogP contribution in [0.25, 0.3) is 0 Å². The maximum Gasteiger partial charge on any atom is 0.311 e. The van der Waals surface area contributed by atoms with E-state index >= 15 is 0 Å². The van der Waals surface area contributed by atoms with Crippen LogP contribution in [0.2, 0.25) is 0 Å². The van der Waals surface area contributed by atoms with Crippen LogP contribution in [0.1, 0.15) is 41.6 Å². The molecule has 24 heavy (non-hydrogen) atoms. The lowest BCUT2D eigenvalue weighted by atomic mass is 9.78. The number of carbonyl (C=O) groups is 1. The second-order valence-electron chi connectivity index (χ2n) is 6.22. The molecule has 4 heteroatoms. The SMILES string of the molecule is COC(=O)C(C)(CC(Cl)c1ccccc1)CC(Cl)c1ccccc1. The molecule has 2 atom stereocenters. The fourth-order valence-electron chi connectivity index (χ4n) is 2.85. The minimum Gasteiger partial charge on any atom is -0.469 e. The summed E-state index contributed by atoms with van der Waals surface area (Å²) in [6, 6.07) is 19.5. The predicted octanol–water partition coefficient (Wildman–Crippen LogP) is 5.91. The van der Waals surface area contributed by atoms with Gasteiger partial charge in [-0.25, -0.2) is 0 Å². The molecule has 0 N–H and O–H groups in total. The third-order valence-electron chi connectivity index (χ3n) is 4.26. The summed E-state index contributed by atoms with van der Waals surface area (Å²) in [6.45, 7) is 1.87. The molecule has 0 saturated heterocycles. The Kier molecular flexibility index (Phi) is 6.70. The summed E-state index contributed by atoms with van der Waals surface area (Å²) >= 11 is 13.1. The van der Waals surface area contributed by atoms with Crippen LogP contribution in [0.3, 0.4) is 0 Å². The van der Waals surface area contributed by atoms with Gasteiger partial charge < -0.3 is 4.74 Å². The lowest BCUT2D eigenvalue weighted by Gasteiger charge is -2.31. The van der Waals surface area contributed by atoms with E-state index < -0.39 is 5.41 Å². The molecule has 0 aliphatic carbocycles. The lowest BCUT2D eigenvalue weighted by Crippen LogP contribution is -2.31. The first-order chi connectivity index (χ1) is 11.5. The highest BCUT2D eigenvalue weighted by Gasteiger charge is 2.39. The molecule has 0 heterocycles. The zero-order valence-corrected chi connectivity index (χ0v) is 15.4. The summed E-state index contributed by atoms with van der Waals surface area (Å²) in [4.78, 5) is 12.4. The Balaban J connectivity index is 2.18. The van der Waals surface area contributed by atoms with Crippen LogP contribution in [-0.2, 0) is 9.53 Å². The number of methoxy groups -OCH3 is 1. The normalized spacial score (nSPS) is 16.0. The number of rotatable bonds is 7. The van der Waals surface area contributed by atoms with Crippen LogP contribution in [0, 0.1) is 5.41 Å². The van der Waals surface area contributed by atoms with Crippen molar-refractivity contribution in [3.63, 3.8) is 0 Å². The van der Waals surface area contributed by atoms with Gasteiger partial charge in [0.2, 0.25) is 0 Å². The molecule has 2 aromatic carbocycles. The Morgan fingerprint density at radius 3 is 1.62 bits per heavy atom. The Labute approximate surface area is 153 Å². The van der Waals surface area contributed by atoms with E-state index in [1.165, 1.54) is 7.11 Å². The van der Waals surface area contributed by atoms with Gasteiger partial charge in [-0.1, -0.05) is 60.7 Å². The predicted molar refractivity (Wildman–Crippen MR) is 99.4 cm³/mol. The number of hydrogen-bond donors (Lipinski definition) is 0. The lowest BCUT2D eigenvalue weighted by molar-refractivity contribution is -0.152. The highest BCUT2D eigenvalue weighted by atomic mass is 35.5. The number of alkyl halides is 2. The molecular formula is C20H22Cl2O2. The summed E-state index contributed by atoms with van der Waals surface area (Å²) in [6.07, 6.45) is 0.919. The maximum absolute atomic E-state index is 12.4. The molecule has 0 aliphatic heterocycles. The van der Waals surface area contributed by atoms with E-state index in [0.29, 0.717) is 12.8 Å². The van der Waals surface area contributed by atoms with Gasteiger partial charge in [0, 0.05) is 0 Å². The molecule has 0 spiro atoms. The first-order valence-corrected chi connectivity index (χ1v) is 8.80. The van der Waals surface area contributed by atoms with Gasteiger partial charge in [-0.2, -0.15) is 0 Å². The van der Waals surface area contributed by atoms with E-state index in [1.54, 1.807) is 0 Å². The van der Waals surface area contributed by atoms with Crippen molar-refractivity contribution in [1.29, 1.82) is 0 Å². The van der Waals surface area contributed by atoms with E-state index in [2.05, 4.69) is 0 Å². The molecule has 0 saturated carbocycles. The standard InChI is InChI=1S/C20H22Cl2O2/c1-20(19(23)24-2,13-17(21)15-9-5-3-6-10-15)14-18(22)16-11-7-4-8-12-16/h3-12,17-18H,13-14H2,1-2H3. The van der Waals surface area contributed by atoms with Crippen LogP contribution in [-0.4, -0.2) is 13.1 Å². The second-order valence-corrected chi connectivity index (χ2v) is 7.27. The van der Waals surface area contributed by atoms with E-state index in [4.69, 9.17) is 27.9 Å². The first kappa shape index (κ1) is 18.8. The molecule has 0 fully saturated rings. The Bertz CT molecular complexity index is 596. The Morgan fingerprint density at radius 2 is 1.29 bits per heavy atom. The number of esters is 1. The Morgan fingerprint density at radius 1 is 0.917 bits per heavy atom. The van der Waals surface area contributed by atoms with Crippen molar-refractivity contribution in [2.75, 3.05) is 7.11 Å². The topological polar surface area (TPSA) is 26.3 Å². The molecule has 0 radical (unpaired) electrons. The second kappa shape index (κ2) is 8.55. The minimum absolute atomic E-state index is 0.282. The van der Waals surface area contributed by atoms with Crippen LogP contribution in [0.5, 0.6) is 0 Å². The van der Waals surface area contributed by atoms with Crippen LogP contribution >= 0.6 is 23.2 Å². The maximum atomic E-state index is 12.4. The smallest absolute Gasteiger partial charge is 0.311 e. The van der Waals surface area contributed by atoms with Gasteiger partial charge in [0.15, 0.2) is 0 Å². The highest BCUT2D eigenvalue weighted by molar-refractivity contribution is 6.21. The van der Waals surface area contributed by atoms with Crippen molar-refractivity contribution >= 4 is 29.2 Å². The van der Waals surface area contributed by atoms with Gasteiger partial charge >= 0.3 is 5.97 Å². The first-order valence-electron chi connectivity index (χ1n) is 7.93.